The van der Waals surface area contributed by atoms with Gasteiger partial charge < -0.3 is 20.1 Å². The minimum absolute atomic E-state index is 0.0125. The van der Waals surface area contributed by atoms with Crippen molar-refractivity contribution in [3.63, 3.8) is 0 Å². The highest BCUT2D eigenvalue weighted by atomic mass is 16.5. The number of nitrogens with zero attached hydrogens (tertiary/aromatic N) is 1. The summed E-state index contributed by atoms with van der Waals surface area (Å²) in [5, 5.41) is 27.0. The van der Waals surface area contributed by atoms with Gasteiger partial charge in [-0.25, -0.2) is 0 Å². The van der Waals surface area contributed by atoms with Gasteiger partial charge in [0.2, 0.25) is 0 Å². The Bertz CT molecular complexity index is 154. The predicted octanol–water partition coefficient (Wildman–Crippen LogP) is -0.738. The molecule has 0 rings (SSSR count). The normalized spacial score (nSPS) is 17.8. The average molecular weight is 221 g/mol. The zero-order chi connectivity index (χ0) is 11.8. The van der Waals surface area contributed by atoms with E-state index in [1.165, 1.54) is 0 Å². The fraction of sp³-hybridized carbons (Fsp3) is 1.00. The second kappa shape index (κ2) is 8.01. The van der Waals surface area contributed by atoms with Crippen LogP contribution in [-0.4, -0.2) is 66.5 Å². The van der Waals surface area contributed by atoms with Gasteiger partial charge in [0.25, 0.3) is 0 Å². The zero-order valence-corrected chi connectivity index (χ0v) is 9.76. The van der Waals surface area contributed by atoms with Gasteiger partial charge in [0, 0.05) is 19.1 Å². The van der Waals surface area contributed by atoms with E-state index in [1.807, 2.05) is 25.9 Å². The summed E-state index contributed by atoms with van der Waals surface area (Å²) in [6.07, 6.45) is -0.128. The van der Waals surface area contributed by atoms with Crippen LogP contribution in [0.3, 0.4) is 0 Å². The van der Waals surface area contributed by atoms with Gasteiger partial charge in [-0.05, 0) is 27.4 Å². The van der Waals surface area contributed by atoms with Crippen LogP contribution in [0.5, 0.6) is 0 Å². The maximum atomic E-state index is 9.15. The van der Waals surface area contributed by atoms with Crippen molar-refractivity contribution in [3.05, 3.63) is 0 Å². The lowest BCUT2D eigenvalue weighted by Gasteiger charge is -2.29. The van der Waals surface area contributed by atoms with Gasteiger partial charge in [0.1, 0.15) is 6.23 Å². The third-order valence-corrected chi connectivity index (χ3v) is 2.54. The molecule has 0 spiro atoms. The van der Waals surface area contributed by atoms with Gasteiger partial charge in [-0.2, -0.15) is 0 Å². The van der Waals surface area contributed by atoms with Gasteiger partial charge >= 0.3 is 0 Å². The minimum atomic E-state index is -0.431. The molecular weight excluding hydrogens is 198 g/mol. The van der Waals surface area contributed by atoms with E-state index in [0.29, 0.717) is 6.42 Å². The van der Waals surface area contributed by atoms with Gasteiger partial charge in [0.15, 0.2) is 0 Å². The number of hydrogen-bond donors (Lipinski definition) is 3. The largest absolute Gasteiger partial charge is 0.396 e. The van der Waals surface area contributed by atoms with Crippen LogP contribution in [0.1, 0.15) is 13.3 Å². The second-order valence-corrected chi connectivity index (χ2v) is 3.87. The summed E-state index contributed by atoms with van der Waals surface area (Å²) in [5.74, 6) is -0.220. The Balaban J connectivity index is 4.19. The molecule has 0 radical (unpaired) electrons. The van der Waals surface area contributed by atoms with Crippen molar-refractivity contribution in [1.82, 2.24) is 4.90 Å². The lowest BCUT2D eigenvalue weighted by Crippen LogP contribution is -2.38. The monoisotopic (exact) mass is 221 g/mol. The molecular formula is C10H23NO4. The molecule has 0 fully saturated rings. The van der Waals surface area contributed by atoms with Crippen molar-refractivity contribution in [2.24, 2.45) is 5.92 Å². The van der Waals surface area contributed by atoms with Gasteiger partial charge in [-0.3, -0.25) is 4.90 Å². The van der Waals surface area contributed by atoms with E-state index < -0.39 is 6.10 Å². The smallest absolute Gasteiger partial charge is 0.107 e. The Labute approximate surface area is 91.3 Å². The van der Waals surface area contributed by atoms with Crippen LogP contribution in [0.15, 0.2) is 0 Å². The summed E-state index contributed by atoms with van der Waals surface area (Å²) >= 11 is 0. The van der Waals surface area contributed by atoms with Crippen LogP contribution in [0.4, 0.5) is 0 Å². The highest BCUT2D eigenvalue weighted by Crippen LogP contribution is 2.14. The molecule has 0 heterocycles. The van der Waals surface area contributed by atoms with Crippen molar-refractivity contribution < 1.29 is 20.1 Å². The Morgan fingerprint density at radius 3 is 2.07 bits per heavy atom. The standard InChI is InChI=1S/C10H23NO4/c1-8(11(2)3)15-10(7-14)9(6-13)4-5-12/h8-10,12-14H,4-7H2,1-3H3. The van der Waals surface area contributed by atoms with Crippen molar-refractivity contribution in [2.75, 3.05) is 33.9 Å². The van der Waals surface area contributed by atoms with Crippen LogP contribution in [0, 0.1) is 5.92 Å². The van der Waals surface area contributed by atoms with Crippen molar-refractivity contribution in [2.45, 2.75) is 25.7 Å². The van der Waals surface area contributed by atoms with Crippen molar-refractivity contribution >= 4 is 0 Å². The van der Waals surface area contributed by atoms with E-state index >= 15 is 0 Å². The molecule has 0 aliphatic heterocycles. The number of rotatable bonds is 8. The van der Waals surface area contributed by atoms with Gasteiger partial charge in [-0.1, -0.05) is 0 Å². The first kappa shape index (κ1) is 14.8. The molecule has 5 nitrogen and oxygen atoms in total. The lowest BCUT2D eigenvalue weighted by atomic mass is 10.0. The molecule has 0 amide bonds. The minimum Gasteiger partial charge on any atom is -0.396 e. The fourth-order valence-electron chi connectivity index (χ4n) is 1.24. The molecule has 92 valence electrons. The third-order valence-electron chi connectivity index (χ3n) is 2.54. The van der Waals surface area contributed by atoms with E-state index in [0.717, 1.165) is 0 Å². The topological polar surface area (TPSA) is 73.2 Å². The Hall–Kier alpha value is -0.200. The van der Waals surface area contributed by atoms with E-state index in [9.17, 15) is 0 Å². The summed E-state index contributed by atoms with van der Waals surface area (Å²) in [5.41, 5.74) is 0. The van der Waals surface area contributed by atoms with E-state index in [-0.39, 0.29) is 32.0 Å². The average Bonchev–Trinajstić information content (AvgIpc) is 2.22. The lowest BCUT2D eigenvalue weighted by molar-refractivity contribution is -0.119. The van der Waals surface area contributed by atoms with E-state index in [4.69, 9.17) is 20.1 Å². The summed E-state index contributed by atoms with van der Waals surface area (Å²) < 4.78 is 5.57. The molecule has 3 unspecified atom stereocenters. The number of hydrogen-bond acceptors (Lipinski definition) is 5. The Morgan fingerprint density at radius 2 is 1.73 bits per heavy atom. The number of aliphatic hydroxyl groups excluding tert-OH is 3. The first-order chi connectivity index (χ1) is 7.06. The van der Waals surface area contributed by atoms with Gasteiger partial charge in [-0.15, -0.1) is 0 Å². The molecule has 5 heteroatoms. The van der Waals surface area contributed by atoms with E-state index in [1.54, 1.807) is 0 Å². The summed E-state index contributed by atoms with van der Waals surface area (Å²) in [6, 6.07) is 0. The maximum Gasteiger partial charge on any atom is 0.107 e. The van der Waals surface area contributed by atoms with Crippen LogP contribution in [0.2, 0.25) is 0 Å². The summed E-state index contributed by atoms with van der Waals surface area (Å²) in [6.45, 7) is 1.62. The van der Waals surface area contributed by atoms with Crippen LogP contribution in [-0.2, 0) is 4.74 Å². The maximum absolute atomic E-state index is 9.15. The van der Waals surface area contributed by atoms with Crippen LogP contribution >= 0.6 is 0 Å². The zero-order valence-electron chi connectivity index (χ0n) is 9.76. The SMILES string of the molecule is CC(OC(CO)C(CO)CCO)N(C)C. The summed E-state index contributed by atoms with van der Waals surface area (Å²) in [4.78, 5) is 1.87. The molecule has 0 aliphatic rings. The van der Waals surface area contributed by atoms with Crippen molar-refractivity contribution in [1.29, 1.82) is 0 Å². The fourth-order valence-corrected chi connectivity index (χ4v) is 1.24. The molecule has 0 aromatic carbocycles. The molecule has 0 aliphatic carbocycles. The number of ether oxygens (including phenoxy) is 1. The predicted molar refractivity (Wildman–Crippen MR) is 57.4 cm³/mol. The molecule has 0 saturated heterocycles. The molecule has 0 aromatic rings. The Kier molecular flexibility index (Phi) is 7.90. The highest BCUT2D eigenvalue weighted by Gasteiger charge is 2.23. The highest BCUT2D eigenvalue weighted by molar-refractivity contribution is 4.70. The molecule has 0 aromatic heterocycles. The molecule has 3 N–H and O–H groups in total. The summed E-state index contributed by atoms with van der Waals surface area (Å²) in [7, 11) is 3.75. The molecule has 15 heavy (non-hydrogen) atoms. The first-order valence-electron chi connectivity index (χ1n) is 5.21. The Morgan fingerprint density at radius 1 is 1.13 bits per heavy atom. The molecule has 0 bridgehead atoms. The van der Waals surface area contributed by atoms with Crippen molar-refractivity contribution in [3.8, 4) is 0 Å². The molecule has 3 atom stereocenters. The number of aliphatic hydroxyl groups is 3. The van der Waals surface area contributed by atoms with Gasteiger partial charge in [0.05, 0.1) is 12.7 Å². The van der Waals surface area contributed by atoms with Crippen LogP contribution < -0.4 is 0 Å². The van der Waals surface area contributed by atoms with E-state index in [2.05, 4.69) is 0 Å². The quantitative estimate of drug-likeness (QED) is 0.471. The third kappa shape index (κ3) is 5.44. The second-order valence-electron chi connectivity index (χ2n) is 3.87. The van der Waals surface area contributed by atoms with Crippen LogP contribution in [0.25, 0.3) is 0 Å². The molecule has 0 saturated carbocycles. The first-order valence-corrected chi connectivity index (χ1v) is 5.21.